The lowest BCUT2D eigenvalue weighted by Crippen LogP contribution is -2.29. The molecule has 2 aliphatic rings. The van der Waals surface area contributed by atoms with Gasteiger partial charge in [0, 0.05) is 26.4 Å². The topological polar surface area (TPSA) is 60.8 Å². The molecular formula is C17H29NO3. The van der Waals surface area contributed by atoms with Gasteiger partial charge in [-0.15, -0.1) is 0 Å². The predicted octanol–water partition coefficient (Wildman–Crippen LogP) is 1.96. The van der Waals surface area contributed by atoms with Crippen LogP contribution in [0.3, 0.4) is 0 Å². The first-order valence-electron chi connectivity index (χ1n) is 8.16. The molecule has 0 aromatic carbocycles. The van der Waals surface area contributed by atoms with E-state index in [2.05, 4.69) is 6.08 Å². The largest absolute Gasteiger partial charge is 0.393 e. The van der Waals surface area contributed by atoms with E-state index < -0.39 is 6.10 Å². The van der Waals surface area contributed by atoms with Gasteiger partial charge in [-0.3, -0.25) is 4.79 Å². The van der Waals surface area contributed by atoms with Crippen molar-refractivity contribution in [2.24, 2.45) is 17.8 Å². The predicted molar refractivity (Wildman–Crippen MR) is 82.6 cm³/mol. The summed E-state index contributed by atoms with van der Waals surface area (Å²) >= 11 is 0. The maximum absolute atomic E-state index is 11.5. The molecule has 1 amide bonds. The van der Waals surface area contributed by atoms with Gasteiger partial charge in [0.1, 0.15) is 0 Å². The fourth-order valence-corrected chi connectivity index (χ4v) is 4.05. The van der Waals surface area contributed by atoms with Gasteiger partial charge in [0.15, 0.2) is 0 Å². The summed E-state index contributed by atoms with van der Waals surface area (Å²) < 4.78 is 0. The average Bonchev–Trinajstić information content (AvgIpc) is 2.89. The molecule has 120 valence electrons. The summed E-state index contributed by atoms with van der Waals surface area (Å²) in [6.07, 6.45) is 7.01. The molecule has 5 atom stereocenters. The van der Waals surface area contributed by atoms with Crippen LogP contribution in [0.1, 0.15) is 45.4 Å². The molecule has 0 spiro atoms. The quantitative estimate of drug-likeness (QED) is 0.582. The summed E-state index contributed by atoms with van der Waals surface area (Å²) in [6, 6.07) is 0. The Bertz CT molecular complexity index is 403. The van der Waals surface area contributed by atoms with Crippen LogP contribution >= 0.6 is 0 Å². The number of amides is 1. The summed E-state index contributed by atoms with van der Waals surface area (Å²) in [5.74, 6) is 1.08. The Kier molecular flexibility index (Phi) is 5.44. The minimum absolute atomic E-state index is 0.0269. The molecule has 2 N–H and O–H groups in total. The molecule has 0 aromatic rings. The van der Waals surface area contributed by atoms with E-state index in [1.807, 2.05) is 0 Å². The van der Waals surface area contributed by atoms with Crippen molar-refractivity contribution in [2.75, 3.05) is 14.1 Å². The van der Waals surface area contributed by atoms with E-state index in [0.717, 1.165) is 32.1 Å². The highest BCUT2D eigenvalue weighted by atomic mass is 16.3. The molecule has 1 fully saturated rings. The van der Waals surface area contributed by atoms with Crippen LogP contribution in [0.5, 0.6) is 0 Å². The van der Waals surface area contributed by atoms with Crippen LogP contribution in [0.15, 0.2) is 11.6 Å². The summed E-state index contributed by atoms with van der Waals surface area (Å²) in [6.45, 7) is 1.79. The fourth-order valence-electron chi connectivity index (χ4n) is 4.05. The average molecular weight is 295 g/mol. The van der Waals surface area contributed by atoms with Crippen molar-refractivity contribution in [3.63, 3.8) is 0 Å². The number of fused-ring (bicyclic) bond motifs is 1. The number of hydrogen-bond donors (Lipinski definition) is 2. The number of aliphatic hydroxyl groups excluding tert-OH is 2. The van der Waals surface area contributed by atoms with Gasteiger partial charge in [0.2, 0.25) is 5.91 Å². The molecule has 0 unspecified atom stereocenters. The zero-order valence-corrected chi connectivity index (χ0v) is 13.5. The Labute approximate surface area is 127 Å². The zero-order chi connectivity index (χ0) is 15.6. The molecule has 0 aromatic heterocycles. The van der Waals surface area contributed by atoms with E-state index in [4.69, 9.17) is 0 Å². The van der Waals surface area contributed by atoms with Gasteiger partial charge in [-0.05, 0) is 50.9 Å². The first-order chi connectivity index (χ1) is 9.90. The van der Waals surface area contributed by atoms with Crippen molar-refractivity contribution in [1.29, 1.82) is 0 Å². The van der Waals surface area contributed by atoms with Crippen molar-refractivity contribution in [3.8, 4) is 0 Å². The summed E-state index contributed by atoms with van der Waals surface area (Å²) in [5, 5.41) is 19.9. The van der Waals surface area contributed by atoms with Gasteiger partial charge in [0.05, 0.1) is 12.2 Å². The molecule has 2 aliphatic carbocycles. The van der Waals surface area contributed by atoms with Gasteiger partial charge in [-0.25, -0.2) is 0 Å². The maximum atomic E-state index is 11.5. The molecule has 4 heteroatoms. The van der Waals surface area contributed by atoms with Gasteiger partial charge in [0.25, 0.3) is 0 Å². The molecule has 0 heterocycles. The Hall–Kier alpha value is -0.870. The van der Waals surface area contributed by atoms with Gasteiger partial charge in [-0.2, -0.15) is 0 Å². The summed E-state index contributed by atoms with van der Waals surface area (Å²) in [7, 11) is 3.59. The highest BCUT2D eigenvalue weighted by Gasteiger charge is 2.46. The third-order valence-corrected chi connectivity index (χ3v) is 5.14. The normalized spacial score (nSPS) is 32.7. The smallest absolute Gasteiger partial charge is 0.222 e. The van der Waals surface area contributed by atoms with Crippen molar-refractivity contribution >= 4 is 5.91 Å². The number of carbonyl (C=O) groups excluding carboxylic acids is 1. The SMILES string of the molecule is C[C@H](O)[C@@H]1[C@H]2CC(CCCCC(=O)N(C)C)=C[C@H]2C[C@H]1O. The Balaban J connectivity index is 1.75. The lowest BCUT2D eigenvalue weighted by Gasteiger charge is -2.24. The third kappa shape index (κ3) is 3.86. The lowest BCUT2D eigenvalue weighted by atomic mass is 9.86. The first-order valence-corrected chi connectivity index (χ1v) is 8.16. The number of allylic oxidation sites excluding steroid dienone is 2. The number of unbranched alkanes of at least 4 members (excludes halogenated alkanes) is 1. The number of aliphatic hydroxyl groups is 2. The van der Waals surface area contributed by atoms with E-state index in [0.29, 0.717) is 18.3 Å². The standard InChI is InChI=1S/C17H29NO3/c1-11(19)17-14-9-12(8-13(14)10-15(17)20)6-4-5-7-16(21)18(2)3/h8,11,13-15,17,19-20H,4-7,9-10H2,1-3H3/t11-,13-,14-,15+,17+/m0/s1. The molecule has 0 saturated heterocycles. The number of carbonyl (C=O) groups is 1. The van der Waals surface area contributed by atoms with Crippen LogP contribution < -0.4 is 0 Å². The van der Waals surface area contributed by atoms with Gasteiger partial charge >= 0.3 is 0 Å². The lowest BCUT2D eigenvalue weighted by molar-refractivity contribution is -0.128. The second kappa shape index (κ2) is 6.93. The molecule has 0 radical (unpaired) electrons. The minimum atomic E-state index is -0.430. The van der Waals surface area contributed by atoms with E-state index in [9.17, 15) is 15.0 Å². The van der Waals surface area contributed by atoms with Crippen LogP contribution in [0.4, 0.5) is 0 Å². The van der Waals surface area contributed by atoms with Crippen molar-refractivity contribution in [2.45, 2.75) is 57.7 Å². The van der Waals surface area contributed by atoms with Gasteiger partial charge in [-0.1, -0.05) is 11.6 Å². The van der Waals surface area contributed by atoms with Crippen LogP contribution in [-0.4, -0.2) is 47.3 Å². The van der Waals surface area contributed by atoms with E-state index in [1.54, 1.807) is 25.9 Å². The zero-order valence-electron chi connectivity index (χ0n) is 13.5. The molecule has 2 rings (SSSR count). The van der Waals surface area contributed by atoms with Crippen LogP contribution in [0.25, 0.3) is 0 Å². The molecule has 4 nitrogen and oxygen atoms in total. The van der Waals surface area contributed by atoms with Gasteiger partial charge < -0.3 is 15.1 Å². The molecule has 21 heavy (non-hydrogen) atoms. The van der Waals surface area contributed by atoms with E-state index in [-0.39, 0.29) is 17.9 Å². The first kappa shape index (κ1) is 16.5. The Morgan fingerprint density at radius 2 is 2.14 bits per heavy atom. The summed E-state index contributed by atoms with van der Waals surface area (Å²) in [5.41, 5.74) is 1.46. The van der Waals surface area contributed by atoms with Crippen LogP contribution in [0, 0.1) is 17.8 Å². The second-order valence-corrected chi connectivity index (χ2v) is 6.97. The third-order valence-electron chi connectivity index (χ3n) is 5.14. The van der Waals surface area contributed by atoms with Crippen molar-refractivity contribution in [3.05, 3.63) is 11.6 Å². The van der Waals surface area contributed by atoms with Crippen molar-refractivity contribution < 1.29 is 15.0 Å². The Morgan fingerprint density at radius 1 is 1.43 bits per heavy atom. The highest BCUT2D eigenvalue weighted by Crippen LogP contribution is 2.48. The molecule has 0 aliphatic heterocycles. The minimum Gasteiger partial charge on any atom is -0.393 e. The molecule has 1 saturated carbocycles. The number of nitrogens with zero attached hydrogens (tertiary/aromatic N) is 1. The fraction of sp³-hybridized carbons (Fsp3) is 0.824. The van der Waals surface area contributed by atoms with E-state index >= 15 is 0 Å². The van der Waals surface area contributed by atoms with Crippen LogP contribution in [0.2, 0.25) is 0 Å². The molecular weight excluding hydrogens is 266 g/mol. The number of hydrogen-bond acceptors (Lipinski definition) is 3. The maximum Gasteiger partial charge on any atom is 0.222 e. The van der Waals surface area contributed by atoms with E-state index in [1.165, 1.54) is 5.57 Å². The summed E-state index contributed by atoms with van der Waals surface area (Å²) in [4.78, 5) is 13.2. The van der Waals surface area contributed by atoms with Crippen molar-refractivity contribution in [1.82, 2.24) is 4.90 Å². The highest BCUT2D eigenvalue weighted by molar-refractivity contribution is 5.75. The molecule has 0 bridgehead atoms. The second-order valence-electron chi connectivity index (χ2n) is 6.97. The monoisotopic (exact) mass is 295 g/mol. The number of rotatable bonds is 6. The van der Waals surface area contributed by atoms with Crippen LogP contribution in [-0.2, 0) is 4.79 Å². The Morgan fingerprint density at radius 3 is 2.76 bits per heavy atom.